The van der Waals surface area contributed by atoms with Gasteiger partial charge in [-0.05, 0) is 42.7 Å². The van der Waals surface area contributed by atoms with Gasteiger partial charge in [-0.15, -0.1) is 0 Å². The summed E-state index contributed by atoms with van der Waals surface area (Å²) in [6.07, 6.45) is 0. The predicted molar refractivity (Wildman–Crippen MR) is 79.2 cm³/mol. The predicted octanol–water partition coefficient (Wildman–Crippen LogP) is 3.38. The zero-order valence-electron chi connectivity index (χ0n) is 12.1. The summed E-state index contributed by atoms with van der Waals surface area (Å²) in [4.78, 5) is 0. The molecule has 0 bridgehead atoms. The molecule has 0 aromatic heterocycles. The average molecular weight is 272 g/mol. The topological polar surface area (TPSA) is 38.7 Å². The summed E-state index contributed by atoms with van der Waals surface area (Å²) in [5.41, 5.74) is 4.38. The van der Waals surface area contributed by atoms with Crippen molar-refractivity contribution in [3.05, 3.63) is 58.7 Å². The van der Waals surface area contributed by atoms with Gasteiger partial charge >= 0.3 is 0 Å². The summed E-state index contributed by atoms with van der Waals surface area (Å²) in [5.74, 6) is 1.33. The number of hydrogen-bond donors (Lipinski definition) is 1. The molecule has 0 spiro atoms. The first-order chi connectivity index (χ1) is 9.63. The molecule has 0 radical (unpaired) electrons. The second-order valence-corrected chi connectivity index (χ2v) is 4.86. The molecule has 20 heavy (non-hydrogen) atoms. The van der Waals surface area contributed by atoms with Crippen LogP contribution >= 0.6 is 0 Å². The van der Waals surface area contributed by atoms with E-state index in [1.54, 1.807) is 7.11 Å². The van der Waals surface area contributed by atoms with Crippen LogP contribution in [0.5, 0.6) is 11.5 Å². The summed E-state index contributed by atoms with van der Waals surface area (Å²) < 4.78 is 11.1. The third-order valence-electron chi connectivity index (χ3n) is 3.30. The van der Waals surface area contributed by atoms with Crippen molar-refractivity contribution in [2.75, 3.05) is 7.11 Å². The molecule has 0 saturated carbocycles. The van der Waals surface area contributed by atoms with Crippen LogP contribution in [0, 0.1) is 13.8 Å². The lowest BCUT2D eigenvalue weighted by Crippen LogP contribution is -2.01. The van der Waals surface area contributed by atoms with Crippen LogP contribution in [0.4, 0.5) is 0 Å². The molecule has 2 rings (SSSR count). The Hall–Kier alpha value is -2.00. The molecule has 3 heteroatoms. The van der Waals surface area contributed by atoms with Crippen LogP contribution in [-0.2, 0) is 13.2 Å². The van der Waals surface area contributed by atoms with Gasteiger partial charge in [0.1, 0.15) is 6.61 Å². The van der Waals surface area contributed by atoms with Gasteiger partial charge in [-0.25, -0.2) is 0 Å². The maximum absolute atomic E-state index is 9.20. The Bertz CT molecular complexity index is 591. The van der Waals surface area contributed by atoms with Crippen molar-refractivity contribution in [3.8, 4) is 11.5 Å². The van der Waals surface area contributed by atoms with E-state index in [2.05, 4.69) is 32.0 Å². The molecule has 0 unspecified atom stereocenters. The largest absolute Gasteiger partial charge is 0.493 e. The lowest BCUT2D eigenvalue weighted by molar-refractivity contribution is 0.271. The highest BCUT2D eigenvalue weighted by atomic mass is 16.5. The van der Waals surface area contributed by atoms with Crippen molar-refractivity contribution in [1.29, 1.82) is 0 Å². The highest BCUT2D eigenvalue weighted by Gasteiger charge is 2.07. The van der Waals surface area contributed by atoms with Gasteiger partial charge in [0.05, 0.1) is 13.7 Å². The molecule has 0 aliphatic carbocycles. The quantitative estimate of drug-likeness (QED) is 0.906. The zero-order valence-corrected chi connectivity index (χ0v) is 12.1. The van der Waals surface area contributed by atoms with Crippen LogP contribution in [0.2, 0.25) is 0 Å². The summed E-state index contributed by atoms with van der Waals surface area (Å²) in [7, 11) is 1.61. The normalized spacial score (nSPS) is 10.4. The second-order valence-electron chi connectivity index (χ2n) is 4.86. The smallest absolute Gasteiger partial charge is 0.162 e. The second kappa shape index (κ2) is 6.44. The van der Waals surface area contributed by atoms with E-state index in [0.29, 0.717) is 18.1 Å². The highest BCUT2D eigenvalue weighted by Crippen LogP contribution is 2.29. The van der Waals surface area contributed by atoms with Crippen LogP contribution in [0.15, 0.2) is 36.4 Å². The minimum absolute atomic E-state index is 0.0101. The number of hydrogen-bond acceptors (Lipinski definition) is 3. The highest BCUT2D eigenvalue weighted by molar-refractivity contribution is 5.43. The lowest BCUT2D eigenvalue weighted by atomic mass is 10.1. The van der Waals surface area contributed by atoms with Crippen molar-refractivity contribution < 1.29 is 14.6 Å². The van der Waals surface area contributed by atoms with E-state index in [1.807, 2.05) is 18.2 Å². The number of methoxy groups -OCH3 is 1. The van der Waals surface area contributed by atoms with E-state index in [9.17, 15) is 5.11 Å². The Kier molecular flexibility index (Phi) is 4.64. The number of aliphatic hydroxyl groups excluding tert-OH is 1. The number of benzene rings is 2. The van der Waals surface area contributed by atoms with Gasteiger partial charge in [-0.1, -0.05) is 29.8 Å². The van der Waals surface area contributed by atoms with Crippen molar-refractivity contribution >= 4 is 0 Å². The Morgan fingerprint density at radius 2 is 1.80 bits per heavy atom. The first-order valence-corrected chi connectivity index (χ1v) is 6.60. The lowest BCUT2D eigenvalue weighted by Gasteiger charge is -2.13. The molecule has 2 aromatic carbocycles. The Morgan fingerprint density at radius 1 is 1.00 bits per heavy atom. The molecule has 0 aliphatic heterocycles. The molecular formula is C17H20O3. The molecule has 2 aromatic rings. The SMILES string of the molecule is COc1ccc(CO)cc1OCc1cc(C)ccc1C. The van der Waals surface area contributed by atoms with Crippen LogP contribution in [0.1, 0.15) is 22.3 Å². The molecule has 0 heterocycles. The molecule has 0 aliphatic rings. The van der Waals surface area contributed by atoms with Gasteiger partial charge in [0.2, 0.25) is 0 Å². The number of rotatable bonds is 5. The van der Waals surface area contributed by atoms with E-state index in [1.165, 1.54) is 11.1 Å². The Morgan fingerprint density at radius 3 is 2.50 bits per heavy atom. The van der Waals surface area contributed by atoms with Gasteiger partial charge in [-0.2, -0.15) is 0 Å². The molecule has 0 fully saturated rings. The fraction of sp³-hybridized carbons (Fsp3) is 0.294. The van der Waals surface area contributed by atoms with E-state index in [0.717, 1.165) is 11.1 Å². The van der Waals surface area contributed by atoms with E-state index < -0.39 is 0 Å². The van der Waals surface area contributed by atoms with Gasteiger partial charge in [0.15, 0.2) is 11.5 Å². The molecule has 0 saturated heterocycles. The summed E-state index contributed by atoms with van der Waals surface area (Å²) in [6, 6.07) is 11.7. The van der Waals surface area contributed by atoms with E-state index in [-0.39, 0.29) is 6.61 Å². The van der Waals surface area contributed by atoms with Crippen LogP contribution in [0.3, 0.4) is 0 Å². The minimum atomic E-state index is -0.0101. The average Bonchev–Trinajstić information content (AvgIpc) is 2.47. The van der Waals surface area contributed by atoms with Crippen molar-refractivity contribution in [2.45, 2.75) is 27.1 Å². The van der Waals surface area contributed by atoms with E-state index >= 15 is 0 Å². The van der Waals surface area contributed by atoms with Crippen LogP contribution in [0.25, 0.3) is 0 Å². The zero-order chi connectivity index (χ0) is 14.5. The maximum atomic E-state index is 9.20. The molecular weight excluding hydrogens is 252 g/mol. The molecule has 3 nitrogen and oxygen atoms in total. The van der Waals surface area contributed by atoms with Crippen molar-refractivity contribution in [2.24, 2.45) is 0 Å². The Balaban J connectivity index is 2.19. The summed E-state index contributed by atoms with van der Waals surface area (Å²) in [6.45, 7) is 4.61. The number of aryl methyl sites for hydroxylation is 2. The standard InChI is InChI=1S/C17H20O3/c1-12-4-5-13(2)15(8-12)11-20-17-9-14(10-18)6-7-16(17)19-3/h4-9,18H,10-11H2,1-3H3. The van der Waals surface area contributed by atoms with Gasteiger partial charge in [0.25, 0.3) is 0 Å². The number of aliphatic hydroxyl groups is 1. The Labute approximate surface area is 119 Å². The fourth-order valence-corrected chi connectivity index (χ4v) is 2.04. The first-order valence-electron chi connectivity index (χ1n) is 6.60. The van der Waals surface area contributed by atoms with E-state index in [4.69, 9.17) is 9.47 Å². The molecule has 0 atom stereocenters. The van der Waals surface area contributed by atoms with Crippen LogP contribution < -0.4 is 9.47 Å². The van der Waals surface area contributed by atoms with Gasteiger partial charge in [-0.3, -0.25) is 0 Å². The van der Waals surface area contributed by atoms with Gasteiger partial charge in [0, 0.05) is 0 Å². The maximum Gasteiger partial charge on any atom is 0.162 e. The first kappa shape index (κ1) is 14.4. The van der Waals surface area contributed by atoms with Crippen molar-refractivity contribution in [1.82, 2.24) is 0 Å². The monoisotopic (exact) mass is 272 g/mol. The fourth-order valence-electron chi connectivity index (χ4n) is 2.04. The van der Waals surface area contributed by atoms with Crippen molar-refractivity contribution in [3.63, 3.8) is 0 Å². The molecule has 106 valence electrons. The summed E-state index contributed by atoms with van der Waals surface area (Å²) >= 11 is 0. The molecule has 1 N–H and O–H groups in total. The summed E-state index contributed by atoms with van der Waals surface area (Å²) in [5, 5.41) is 9.20. The van der Waals surface area contributed by atoms with Crippen LogP contribution in [-0.4, -0.2) is 12.2 Å². The minimum Gasteiger partial charge on any atom is -0.493 e. The molecule has 0 amide bonds. The number of ether oxygens (including phenoxy) is 2. The third kappa shape index (κ3) is 3.31. The third-order valence-corrected chi connectivity index (χ3v) is 3.30. The van der Waals surface area contributed by atoms with Gasteiger partial charge < -0.3 is 14.6 Å².